The predicted molar refractivity (Wildman–Crippen MR) is 69.9 cm³/mol. The molecule has 0 spiro atoms. The normalized spacial score (nSPS) is 24.3. The first kappa shape index (κ1) is 13.9. The Bertz CT molecular complexity index is 440. The molecule has 0 saturated carbocycles. The van der Waals surface area contributed by atoms with Crippen LogP contribution in [0.25, 0.3) is 0 Å². The van der Waals surface area contributed by atoms with E-state index in [4.69, 9.17) is 4.74 Å². The Kier molecular flexibility index (Phi) is 4.14. The van der Waals surface area contributed by atoms with Gasteiger partial charge in [-0.15, -0.1) is 0 Å². The largest absolute Gasteiger partial charge is 0.386 e. The van der Waals surface area contributed by atoms with E-state index in [0.717, 1.165) is 5.56 Å². The third-order valence-corrected chi connectivity index (χ3v) is 3.42. The van der Waals surface area contributed by atoms with E-state index in [0.29, 0.717) is 26.2 Å². The average Bonchev–Trinajstić information content (AvgIpc) is 2.83. The molecule has 2 unspecified atom stereocenters. The van der Waals surface area contributed by atoms with Crippen molar-refractivity contribution in [2.24, 2.45) is 0 Å². The summed E-state index contributed by atoms with van der Waals surface area (Å²) in [5, 5.41) is 23.9. The zero-order valence-electron chi connectivity index (χ0n) is 10.8. The fraction of sp³-hybridized carbons (Fsp3) is 0.538. The molecular weight excluding hydrogens is 248 g/mol. The summed E-state index contributed by atoms with van der Waals surface area (Å²) in [4.78, 5) is 10.2. The number of non-ortho nitro benzene ring substituents is 1. The van der Waals surface area contributed by atoms with Crippen molar-refractivity contribution < 1.29 is 14.8 Å². The second-order valence-corrected chi connectivity index (χ2v) is 4.98. The maximum absolute atomic E-state index is 10.6. The quantitative estimate of drug-likeness (QED) is 0.621. The molecule has 2 N–H and O–H groups in total. The maximum atomic E-state index is 10.6. The first-order valence-electron chi connectivity index (χ1n) is 6.28. The minimum atomic E-state index is -0.797. The summed E-state index contributed by atoms with van der Waals surface area (Å²) in [7, 11) is 0. The van der Waals surface area contributed by atoms with Crippen LogP contribution in [0.2, 0.25) is 0 Å². The van der Waals surface area contributed by atoms with Crippen molar-refractivity contribution in [1.29, 1.82) is 0 Å². The monoisotopic (exact) mass is 266 g/mol. The van der Waals surface area contributed by atoms with Crippen LogP contribution in [0.4, 0.5) is 5.69 Å². The van der Waals surface area contributed by atoms with E-state index in [1.807, 2.05) is 6.92 Å². The van der Waals surface area contributed by atoms with Crippen molar-refractivity contribution in [3.8, 4) is 0 Å². The van der Waals surface area contributed by atoms with Gasteiger partial charge in [0, 0.05) is 37.7 Å². The fourth-order valence-corrected chi connectivity index (χ4v) is 2.08. The van der Waals surface area contributed by atoms with Crippen molar-refractivity contribution in [3.63, 3.8) is 0 Å². The van der Waals surface area contributed by atoms with Crippen molar-refractivity contribution in [3.05, 3.63) is 39.9 Å². The van der Waals surface area contributed by atoms with Crippen LogP contribution in [0, 0.1) is 10.1 Å². The number of nitrogens with one attached hydrogen (secondary N) is 1. The smallest absolute Gasteiger partial charge is 0.269 e. The first-order valence-corrected chi connectivity index (χ1v) is 6.28. The number of ether oxygens (including phenoxy) is 1. The van der Waals surface area contributed by atoms with Gasteiger partial charge in [0.05, 0.1) is 11.5 Å². The van der Waals surface area contributed by atoms with Gasteiger partial charge in [0.1, 0.15) is 5.60 Å². The van der Waals surface area contributed by atoms with Gasteiger partial charge in [0.15, 0.2) is 0 Å². The zero-order chi connectivity index (χ0) is 13.9. The summed E-state index contributed by atoms with van der Waals surface area (Å²) < 4.78 is 5.18. The van der Waals surface area contributed by atoms with E-state index in [9.17, 15) is 15.2 Å². The molecule has 2 atom stereocenters. The Morgan fingerprint density at radius 1 is 1.53 bits per heavy atom. The standard InChI is InChI=1S/C13H18N2O4/c1-10(14-8-13(16)6-7-19-9-13)11-2-4-12(5-3-11)15(17)18/h2-5,10,14,16H,6-9H2,1H3. The van der Waals surface area contributed by atoms with Crippen molar-refractivity contribution in [2.75, 3.05) is 19.8 Å². The highest BCUT2D eigenvalue weighted by Gasteiger charge is 2.32. The van der Waals surface area contributed by atoms with Gasteiger partial charge in [-0.2, -0.15) is 0 Å². The summed E-state index contributed by atoms with van der Waals surface area (Å²) in [5.74, 6) is 0. The second-order valence-electron chi connectivity index (χ2n) is 4.98. The number of rotatable bonds is 5. The lowest BCUT2D eigenvalue weighted by atomic mass is 10.0. The number of aliphatic hydroxyl groups is 1. The highest BCUT2D eigenvalue weighted by molar-refractivity contribution is 5.34. The molecule has 1 aromatic carbocycles. The van der Waals surface area contributed by atoms with E-state index >= 15 is 0 Å². The Labute approximate surface area is 111 Å². The van der Waals surface area contributed by atoms with E-state index in [1.165, 1.54) is 12.1 Å². The maximum Gasteiger partial charge on any atom is 0.269 e. The molecular formula is C13H18N2O4. The number of nitro groups is 1. The zero-order valence-corrected chi connectivity index (χ0v) is 10.8. The van der Waals surface area contributed by atoms with E-state index in [2.05, 4.69) is 5.32 Å². The second kappa shape index (κ2) is 5.64. The number of nitro benzene ring substituents is 1. The van der Waals surface area contributed by atoms with Gasteiger partial charge in [-0.3, -0.25) is 10.1 Å². The summed E-state index contributed by atoms with van der Waals surface area (Å²) in [6, 6.07) is 6.45. The number of benzene rings is 1. The minimum absolute atomic E-state index is 0.0189. The molecule has 6 heteroatoms. The summed E-state index contributed by atoms with van der Waals surface area (Å²) >= 11 is 0. The van der Waals surface area contributed by atoms with Gasteiger partial charge in [0.25, 0.3) is 5.69 Å². The molecule has 0 aromatic heterocycles. The fourth-order valence-electron chi connectivity index (χ4n) is 2.08. The summed E-state index contributed by atoms with van der Waals surface area (Å²) in [6.45, 7) is 3.35. The van der Waals surface area contributed by atoms with Gasteiger partial charge in [0.2, 0.25) is 0 Å². The first-order chi connectivity index (χ1) is 9.00. The lowest BCUT2D eigenvalue weighted by Crippen LogP contribution is -2.41. The van der Waals surface area contributed by atoms with E-state index in [1.54, 1.807) is 12.1 Å². The lowest BCUT2D eigenvalue weighted by molar-refractivity contribution is -0.384. The highest BCUT2D eigenvalue weighted by Crippen LogP contribution is 2.21. The minimum Gasteiger partial charge on any atom is -0.386 e. The predicted octanol–water partition coefficient (Wildman–Crippen LogP) is 1.40. The lowest BCUT2D eigenvalue weighted by Gasteiger charge is -2.24. The Morgan fingerprint density at radius 2 is 2.21 bits per heavy atom. The molecule has 0 amide bonds. The Hall–Kier alpha value is -1.50. The third-order valence-electron chi connectivity index (χ3n) is 3.42. The van der Waals surface area contributed by atoms with Gasteiger partial charge in [-0.05, 0) is 12.5 Å². The molecule has 1 heterocycles. The molecule has 1 saturated heterocycles. The topological polar surface area (TPSA) is 84.6 Å². The van der Waals surface area contributed by atoms with Crippen molar-refractivity contribution in [1.82, 2.24) is 5.32 Å². The van der Waals surface area contributed by atoms with Gasteiger partial charge >= 0.3 is 0 Å². The molecule has 1 aliphatic rings. The molecule has 0 aliphatic carbocycles. The van der Waals surface area contributed by atoms with Crippen LogP contribution in [0.1, 0.15) is 24.9 Å². The summed E-state index contributed by atoms with van der Waals surface area (Å²) in [5.41, 5.74) is 0.238. The molecule has 6 nitrogen and oxygen atoms in total. The SMILES string of the molecule is CC(NCC1(O)CCOC1)c1ccc([N+](=O)[O-])cc1. The molecule has 0 radical (unpaired) electrons. The molecule has 19 heavy (non-hydrogen) atoms. The molecule has 1 aromatic rings. The van der Waals surface area contributed by atoms with Crippen LogP contribution in [-0.4, -0.2) is 35.4 Å². The highest BCUT2D eigenvalue weighted by atomic mass is 16.6. The molecule has 104 valence electrons. The molecule has 0 bridgehead atoms. The van der Waals surface area contributed by atoms with Crippen molar-refractivity contribution >= 4 is 5.69 Å². The molecule has 1 fully saturated rings. The molecule has 1 aliphatic heterocycles. The van der Waals surface area contributed by atoms with Gasteiger partial charge in [-0.25, -0.2) is 0 Å². The van der Waals surface area contributed by atoms with Crippen LogP contribution < -0.4 is 5.32 Å². The Morgan fingerprint density at radius 3 is 2.74 bits per heavy atom. The van der Waals surface area contributed by atoms with Crippen LogP contribution in [0.5, 0.6) is 0 Å². The summed E-state index contributed by atoms with van der Waals surface area (Å²) in [6.07, 6.45) is 0.632. The molecule has 2 rings (SSSR count). The Balaban J connectivity index is 1.92. The number of hydrogen-bond donors (Lipinski definition) is 2. The van der Waals surface area contributed by atoms with Crippen LogP contribution in [-0.2, 0) is 4.74 Å². The average molecular weight is 266 g/mol. The van der Waals surface area contributed by atoms with Crippen LogP contribution in [0.15, 0.2) is 24.3 Å². The number of hydrogen-bond acceptors (Lipinski definition) is 5. The van der Waals surface area contributed by atoms with E-state index in [-0.39, 0.29) is 11.7 Å². The van der Waals surface area contributed by atoms with Gasteiger partial charge in [-0.1, -0.05) is 12.1 Å². The number of nitrogens with zero attached hydrogens (tertiary/aromatic N) is 1. The van der Waals surface area contributed by atoms with Crippen LogP contribution >= 0.6 is 0 Å². The van der Waals surface area contributed by atoms with Gasteiger partial charge < -0.3 is 15.2 Å². The van der Waals surface area contributed by atoms with E-state index < -0.39 is 10.5 Å². The van der Waals surface area contributed by atoms with Crippen molar-refractivity contribution in [2.45, 2.75) is 25.0 Å². The third kappa shape index (κ3) is 3.50. The van der Waals surface area contributed by atoms with Crippen LogP contribution in [0.3, 0.4) is 0 Å².